The standard InChI is InChI=1S/C19H24N2O4S/c1-4-21(26(23,24)5-2)17-12-10-15(11-13-17)19(22)20-14-16-8-6-7-9-18(16)25-3/h6-13H,4-5,14H2,1-3H3,(H,20,22). The van der Waals surface area contributed by atoms with Gasteiger partial charge in [0.1, 0.15) is 5.75 Å². The maximum atomic E-state index is 12.3. The minimum Gasteiger partial charge on any atom is -0.496 e. The number of carbonyl (C=O) groups excluding carboxylic acids is 1. The molecule has 7 heteroatoms. The molecule has 0 saturated carbocycles. The zero-order chi connectivity index (χ0) is 19.2. The number of carbonyl (C=O) groups is 1. The largest absolute Gasteiger partial charge is 0.496 e. The van der Waals surface area contributed by atoms with Crippen molar-refractivity contribution in [3.63, 3.8) is 0 Å². The van der Waals surface area contributed by atoms with Crippen LogP contribution in [0, 0.1) is 0 Å². The van der Waals surface area contributed by atoms with Crippen LogP contribution in [0.15, 0.2) is 48.5 Å². The number of ether oxygens (including phenoxy) is 1. The summed E-state index contributed by atoms with van der Waals surface area (Å²) in [5.41, 5.74) is 1.90. The van der Waals surface area contributed by atoms with Gasteiger partial charge in [0, 0.05) is 24.2 Å². The topological polar surface area (TPSA) is 75.7 Å². The van der Waals surface area contributed by atoms with Gasteiger partial charge in [0.2, 0.25) is 10.0 Å². The molecule has 2 aromatic rings. The summed E-state index contributed by atoms with van der Waals surface area (Å²) in [5, 5.41) is 2.84. The minimum atomic E-state index is -3.33. The SMILES string of the molecule is CCN(c1ccc(C(=O)NCc2ccccc2OC)cc1)S(=O)(=O)CC. The second kappa shape index (κ2) is 8.71. The predicted octanol–water partition coefficient (Wildman–Crippen LogP) is 2.80. The molecule has 2 aromatic carbocycles. The van der Waals surface area contributed by atoms with E-state index in [1.54, 1.807) is 45.2 Å². The molecular formula is C19H24N2O4S. The fourth-order valence-electron chi connectivity index (χ4n) is 2.60. The number of sulfonamides is 1. The van der Waals surface area contributed by atoms with E-state index in [9.17, 15) is 13.2 Å². The summed E-state index contributed by atoms with van der Waals surface area (Å²) in [6, 6.07) is 14.0. The van der Waals surface area contributed by atoms with E-state index in [0.717, 1.165) is 5.56 Å². The number of para-hydroxylation sites is 1. The number of nitrogens with one attached hydrogen (secondary N) is 1. The van der Waals surface area contributed by atoms with Gasteiger partial charge in [-0.3, -0.25) is 9.10 Å². The van der Waals surface area contributed by atoms with Crippen LogP contribution in [0.5, 0.6) is 5.75 Å². The first kappa shape index (κ1) is 19.8. The van der Waals surface area contributed by atoms with Crippen molar-refractivity contribution in [1.82, 2.24) is 5.32 Å². The van der Waals surface area contributed by atoms with Crippen molar-refractivity contribution >= 4 is 21.6 Å². The Morgan fingerprint density at radius 3 is 2.31 bits per heavy atom. The summed E-state index contributed by atoms with van der Waals surface area (Å²) in [5.74, 6) is 0.512. The summed E-state index contributed by atoms with van der Waals surface area (Å²) in [7, 11) is -1.75. The van der Waals surface area contributed by atoms with E-state index in [-0.39, 0.29) is 11.7 Å². The maximum absolute atomic E-state index is 12.3. The van der Waals surface area contributed by atoms with Crippen LogP contribution in [-0.2, 0) is 16.6 Å². The lowest BCUT2D eigenvalue weighted by atomic mass is 10.1. The number of nitrogens with zero attached hydrogens (tertiary/aromatic N) is 1. The molecule has 0 aliphatic rings. The highest BCUT2D eigenvalue weighted by molar-refractivity contribution is 7.92. The van der Waals surface area contributed by atoms with E-state index in [4.69, 9.17) is 4.74 Å². The molecule has 1 amide bonds. The van der Waals surface area contributed by atoms with Gasteiger partial charge in [0.25, 0.3) is 5.91 Å². The Bertz CT molecular complexity index is 848. The molecule has 0 unspecified atom stereocenters. The van der Waals surface area contributed by atoms with Crippen molar-refractivity contribution in [2.45, 2.75) is 20.4 Å². The fourth-order valence-corrected chi connectivity index (χ4v) is 3.75. The molecule has 0 spiro atoms. The first-order valence-corrected chi connectivity index (χ1v) is 10.0. The van der Waals surface area contributed by atoms with E-state index >= 15 is 0 Å². The van der Waals surface area contributed by atoms with E-state index in [1.165, 1.54) is 4.31 Å². The zero-order valence-corrected chi connectivity index (χ0v) is 16.0. The molecule has 0 radical (unpaired) electrons. The van der Waals surface area contributed by atoms with Crippen molar-refractivity contribution in [2.24, 2.45) is 0 Å². The van der Waals surface area contributed by atoms with Gasteiger partial charge in [-0.2, -0.15) is 0 Å². The van der Waals surface area contributed by atoms with Crippen molar-refractivity contribution in [1.29, 1.82) is 0 Å². The van der Waals surface area contributed by atoms with Crippen molar-refractivity contribution < 1.29 is 17.9 Å². The number of hydrogen-bond donors (Lipinski definition) is 1. The Balaban J connectivity index is 2.09. The molecule has 2 rings (SSSR count). The Labute approximate surface area is 154 Å². The van der Waals surface area contributed by atoms with Gasteiger partial charge in [-0.1, -0.05) is 18.2 Å². The molecule has 0 aliphatic heterocycles. The van der Waals surface area contributed by atoms with Crippen molar-refractivity contribution in [3.8, 4) is 5.75 Å². The number of benzene rings is 2. The number of hydrogen-bond acceptors (Lipinski definition) is 4. The van der Waals surface area contributed by atoms with E-state index in [0.29, 0.717) is 30.1 Å². The Morgan fingerprint density at radius 1 is 1.08 bits per heavy atom. The summed E-state index contributed by atoms with van der Waals surface area (Å²) in [6.07, 6.45) is 0. The molecule has 26 heavy (non-hydrogen) atoms. The monoisotopic (exact) mass is 376 g/mol. The van der Waals surface area contributed by atoms with Gasteiger partial charge >= 0.3 is 0 Å². The van der Waals surface area contributed by atoms with E-state index in [2.05, 4.69) is 5.32 Å². The van der Waals surface area contributed by atoms with Gasteiger partial charge in [-0.15, -0.1) is 0 Å². The van der Waals surface area contributed by atoms with Crippen LogP contribution in [0.25, 0.3) is 0 Å². The Kier molecular flexibility index (Phi) is 6.63. The highest BCUT2D eigenvalue weighted by Crippen LogP contribution is 2.20. The highest BCUT2D eigenvalue weighted by atomic mass is 32.2. The average Bonchev–Trinajstić information content (AvgIpc) is 2.67. The zero-order valence-electron chi connectivity index (χ0n) is 15.2. The predicted molar refractivity (Wildman–Crippen MR) is 103 cm³/mol. The van der Waals surface area contributed by atoms with Crippen LogP contribution in [0.2, 0.25) is 0 Å². The third-order valence-corrected chi connectivity index (χ3v) is 5.91. The van der Waals surface area contributed by atoms with E-state index < -0.39 is 10.0 Å². The minimum absolute atomic E-state index is 0.0297. The first-order valence-electron chi connectivity index (χ1n) is 8.43. The van der Waals surface area contributed by atoms with Crippen LogP contribution in [0.4, 0.5) is 5.69 Å². The van der Waals surface area contributed by atoms with Crippen LogP contribution >= 0.6 is 0 Å². The van der Waals surface area contributed by atoms with Gasteiger partial charge < -0.3 is 10.1 Å². The second-order valence-electron chi connectivity index (χ2n) is 5.61. The van der Waals surface area contributed by atoms with Crippen LogP contribution in [0.1, 0.15) is 29.8 Å². The molecular weight excluding hydrogens is 352 g/mol. The number of amides is 1. The third kappa shape index (κ3) is 4.54. The van der Waals surface area contributed by atoms with E-state index in [1.807, 2.05) is 24.3 Å². The summed E-state index contributed by atoms with van der Waals surface area (Å²) in [4.78, 5) is 12.3. The fraction of sp³-hybridized carbons (Fsp3) is 0.316. The van der Waals surface area contributed by atoms with Crippen LogP contribution in [0.3, 0.4) is 0 Å². The molecule has 0 heterocycles. The van der Waals surface area contributed by atoms with Crippen LogP contribution in [-0.4, -0.2) is 33.7 Å². The molecule has 0 fully saturated rings. The van der Waals surface area contributed by atoms with Gasteiger partial charge in [-0.05, 0) is 44.2 Å². The lowest BCUT2D eigenvalue weighted by Gasteiger charge is -2.22. The molecule has 6 nitrogen and oxygen atoms in total. The smallest absolute Gasteiger partial charge is 0.251 e. The molecule has 0 bridgehead atoms. The lowest BCUT2D eigenvalue weighted by Crippen LogP contribution is -2.32. The summed E-state index contributed by atoms with van der Waals surface area (Å²) >= 11 is 0. The van der Waals surface area contributed by atoms with Gasteiger partial charge in [0.05, 0.1) is 18.6 Å². The van der Waals surface area contributed by atoms with Crippen molar-refractivity contribution in [2.75, 3.05) is 23.7 Å². The average molecular weight is 376 g/mol. The second-order valence-corrected chi connectivity index (χ2v) is 7.79. The van der Waals surface area contributed by atoms with Gasteiger partial charge in [-0.25, -0.2) is 8.42 Å². The first-order chi connectivity index (χ1) is 12.4. The van der Waals surface area contributed by atoms with Crippen molar-refractivity contribution in [3.05, 3.63) is 59.7 Å². The molecule has 0 atom stereocenters. The third-order valence-electron chi connectivity index (χ3n) is 4.04. The number of anilines is 1. The Morgan fingerprint density at radius 2 is 1.73 bits per heavy atom. The maximum Gasteiger partial charge on any atom is 0.251 e. The van der Waals surface area contributed by atoms with Gasteiger partial charge in [0.15, 0.2) is 0 Å². The quantitative estimate of drug-likeness (QED) is 0.769. The molecule has 0 aliphatic carbocycles. The molecule has 0 saturated heterocycles. The van der Waals surface area contributed by atoms with Crippen LogP contribution < -0.4 is 14.4 Å². The molecule has 0 aromatic heterocycles. The number of methoxy groups -OCH3 is 1. The molecule has 1 N–H and O–H groups in total. The highest BCUT2D eigenvalue weighted by Gasteiger charge is 2.19. The number of rotatable bonds is 8. The normalized spacial score (nSPS) is 11.0. The summed E-state index contributed by atoms with van der Waals surface area (Å²) < 4.78 is 30.8. The Hall–Kier alpha value is -2.54. The lowest BCUT2D eigenvalue weighted by molar-refractivity contribution is 0.0950. The molecule has 140 valence electrons. The summed E-state index contributed by atoms with van der Waals surface area (Å²) in [6.45, 7) is 4.07.